The van der Waals surface area contributed by atoms with Gasteiger partial charge in [0.1, 0.15) is 6.61 Å². The van der Waals surface area contributed by atoms with Crippen molar-refractivity contribution < 1.29 is 14.3 Å². The first kappa shape index (κ1) is 19.3. The topological polar surface area (TPSA) is 78.3 Å². The summed E-state index contributed by atoms with van der Waals surface area (Å²) in [4.78, 5) is 12.4. The van der Waals surface area contributed by atoms with Crippen LogP contribution in [0.1, 0.15) is 23.1 Å². The second kappa shape index (κ2) is 8.16. The van der Waals surface area contributed by atoms with Gasteiger partial charge in [-0.2, -0.15) is 0 Å². The maximum absolute atomic E-state index is 12.4. The molecular weight excluding hydrogens is 388 g/mol. The number of ether oxygens (including phenoxy) is 2. The molecule has 1 amide bonds. The van der Waals surface area contributed by atoms with Crippen LogP contribution in [0.25, 0.3) is 0 Å². The van der Waals surface area contributed by atoms with Crippen LogP contribution in [0.5, 0.6) is 11.5 Å². The molecule has 1 aromatic heterocycles. The third kappa shape index (κ3) is 4.22. The fraction of sp³-hybridized carbons (Fsp3) is 0.286. The van der Waals surface area contributed by atoms with Crippen LogP contribution < -0.4 is 14.8 Å². The van der Waals surface area contributed by atoms with Crippen molar-refractivity contribution in [3.63, 3.8) is 0 Å². The van der Waals surface area contributed by atoms with Gasteiger partial charge in [0, 0.05) is 12.7 Å². The van der Waals surface area contributed by atoms with Gasteiger partial charge in [-0.3, -0.25) is 4.79 Å². The molecule has 150 valence electrons. The average molecular weight is 410 g/mol. The Morgan fingerprint density at radius 3 is 2.83 bits per heavy atom. The van der Waals surface area contributed by atoms with Gasteiger partial charge in [-0.05, 0) is 43.2 Å². The minimum absolute atomic E-state index is 0.0839. The molecule has 1 atom stereocenters. The highest BCUT2D eigenvalue weighted by atomic mass is 32.2. The second-order valence-electron chi connectivity index (χ2n) is 6.92. The number of benzene rings is 2. The van der Waals surface area contributed by atoms with Crippen LogP contribution in [-0.2, 0) is 11.8 Å². The highest BCUT2D eigenvalue weighted by molar-refractivity contribution is 7.99. The van der Waals surface area contributed by atoms with Crippen LogP contribution in [-0.4, -0.2) is 33.0 Å². The molecule has 3 aromatic rings. The van der Waals surface area contributed by atoms with Crippen molar-refractivity contribution in [2.45, 2.75) is 25.1 Å². The van der Waals surface area contributed by atoms with E-state index in [1.165, 1.54) is 11.8 Å². The number of nitrogens with one attached hydrogen (secondary N) is 1. The van der Waals surface area contributed by atoms with Gasteiger partial charge in [0.25, 0.3) is 0 Å². The van der Waals surface area contributed by atoms with Crippen LogP contribution in [0.2, 0.25) is 0 Å². The van der Waals surface area contributed by atoms with E-state index in [1.807, 2.05) is 67.9 Å². The minimum Gasteiger partial charge on any atom is -0.485 e. The molecule has 1 aliphatic heterocycles. The predicted octanol–water partition coefficient (Wildman–Crippen LogP) is 3.68. The van der Waals surface area contributed by atoms with Gasteiger partial charge < -0.3 is 19.4 Å². The minimum atomic E-state index is -0.347. The molecule has 0 radical (unpaired) electrons. The number of fused-ring (bicyclic) bond motifs is 1. The van der Waals surface area contributed by atoms with E-state index in [2.05, 4.69) is 15.5 Å². The number of carbonyl (C=O) groups is 1. The lowest BCUT2D eigenvalue weighted by Gasteiger charge is -2.25. The fourth-order valence-corrected chi connectivity index (χ4v) is 3.78. The summed E-state index contributed by atoms with van der Waals surface area (Å²) >= 11 is 1.34. The number of anilines is 1. The molecule has 4 rings (SSSR count). The Kier molecular flexibility index (Phi) is 5.44. The Morgan fingerprint density at radius 1 is 1.21 bits per heavy atom. The van der Waals surface area contributed by atoms with E-state index in [0.29, 0.717) is 23.3 Å². The molecule has 0 saturated heterocycles. The van der Waals surface area contributed by atoms with Gasteiger partial charge in [0.15, 0.2) is 28.6 Å². The number of aromatic nitrogens is 3. The maximum atomic E-state index is 12.4. The number of para-hydroxylation sites is 2. The largest absolute Gasteiger partial charge is 0.485 e. The quantitative estimate of drug-likeness (QED) is 0.647. The van der Waals surface area contributed by atoms with Crippen LogP contribution >= 0.6 is 11.8 Å². The molecule has 0 bridgehead atoms. The second-order valence-corrected chi connectivity index (χ2v) is 7.86. The van der Waals surface area contributed by atoms with Crippen LogP contribution in [0.4, 0.5) is 5.69 Å². The van der Waals surface area contributed by atoms with Crippen LogP contribution in [0.3, 0.4) is 0 Å². The SMILES string of the molecule is Cc1ccc(C)c(NC(=O)CSc2nnc(C3COc4ccccc4O3)n2C)c1. The molecule has 0 fully saturated rings. The number of thioether (sulfide) groups is 1. The van der Waals surface area contributed by atoms with E-state index < -0.39 is 0 Å². The lowest BCUT2D eigenvalue weighted by atomic mass is 10.1. The smallest absolute Gasteiger partial charge is 0.234 e. The number of rotatable bonds is 5. The van der Waals surface area contributed by atoms with Crippen molar-refractivity contribution in [1.82, 2.24) is 14.8 Å². The Labute approximate surface area is 173 Å². The molecule has 2 heterocycles. The Morgan fingerprint density at radius 2 is 2.00 bits per heavy atom. The fourth-order valence-electron chi connectivity index (χ4n) is 3.07. The van der Waals surface area contributed by atoms with Gasteiger partial charge in [0.2, 0.25) is 5.91 Å². The van der Waals surface area contributed by atoms with Crippen LogP contribution in [0.15, 0.2) is 47.6 Å². The third-order valence-corrected chi connectivity index (χ3v) is 5.68. The van der Waals surface area contributed by atoms with E-state index in [9.17, 15) is 4.79 Å². The molecular formula is C21H22N4O3S. The summed E-state index contributed by atoms with van der Waals surface area (Å²) < 4.78 is 13.6. The number of amides is 1. The normalized spacial score (nSPS) is 15.2. The van der Waals surface area contributed by atoms with E-state index >= 15 is 0 Å². The zero-order valence-electron chi connectivity index (χ0n) is 16.5. The zero-order chi connectivity index (χ0) is 20.4. The van der Waals surface area contributed by atoms with E-state index in [0.717, 1.165) is 22.6 Å². The average Bonchev–Trinajstić information content (AvgIpc) is 3.09. The lowest BCUT2D eigenvalue weighted by Crippen LogP contribution is -2.24. The third-order valence-electron chi connectivity index (χ3n) is 4.66. The van der Waals surface area contributed by atoms with Gasteiger partial charge in [-0.25, -0.2) is 0 Å². The molecule has 7 nitrogen and oxygen atoms in total. The maximum Gasteiger partial charge on any atom is 0.234 e. The first-order valence-corrected chi connectivity index (χ1v) is 10.3. The number of carbonyl (C=O) groups excluding carboxylic acids is 1. The van der Waals surface area contributed by atoms with Gasteiger partial charge in [-0.15, -0.1) is 10.2 Å². The van der Waals surface area contributed by atoms with Crippen molar-refractivity contribution in [2.24, 2.45) is 7.05 Å². The van der Waals surface area contributed by atoms with E-state index in [1.54, 1.807) is 0 Å². The molecule has 0 aliphatic carbocycles. The summed E-state index contributed by atoms with van der Waals surface area (Å²) in [6, 6.07) is 13.5. The summed E-state index contributed by atoms with van der Waals surface area (Å²) in [5.41, 5.74) is 2.97. The highest BCUT2D eigenvalue weighted by Gasteiger charge is 2.27. The van der Waals surface area contributed by atoms with Crippen molar-refractivity contribution in [3.05, 3.63) is 59.4 Å². The number of nitrogens with zero attached hydrogens (tertiary/aromatic N) is 3. The molecule has 0 saturated carbocycles. The van der Waals surface area contributed by atoms with E-state index in [4.69, 9.17) is 9.47 Å². The number of hydrogen-bond donors (Lipinski definition) is 1. The Balaban J connectivity index is 1.39. The monoisotopic (exact) mass is 410 g/mol. The first-order chi connectivity index (χ1) is 14.0. The highest BCUT2D eigenvalue weighted by Crippen LogP contribution is 2.35. The predicted molar refractivity (Wildman–Crippen MR) is 112 cm³/mol. The van der Waals surface area contributed by atoms with Crippen molar-refractivity contribution in [1.29, 1.82) is 0 Å². The Hall–Kier alpha value is -3.00. The number of aryl methyl sites for hydroxylation is 2. The number of hydrogen-bond acceptors (Lipinski definition) is 6. The lowest BCUT2D eigenvalue weighted by molar-refractivity contribution is -0.113. The summed E-state index contributed by atoms with van der Waals surface area (Å²) in [5, 5.41) is 12.1. The molecule has 1 aliphatic rings. The Bertz CT molecular complexity index is 1050. The summed E-state index contributed by atoms with van der Waals surface area (Å²) in [6.45, 7) is 4.34. The van der Waals surface area contributed by atoms with Crippen molar-refractivity contribution in [2.75, 3.05) is 17.7 Å². The molecule has 2 aromatic carbocycles. The standard InChI is InChI=1S/C21H22N4O3S/c1-13-8-9-14(2)15(10-13)22-19(26)12-29-21-24-23-20(25(21)3)18-11-27-16-6-4-5-7-17(16)28-18/h4-10,18H,11-12H2,1-3H3,(H,22,26). The summed E-state index contributed by atoms with van der Waals surface area (Å²) in [7, 11) is 1.87. The molecule has 8 heteroatoms. The molecule has 1 unspecified atom stereocenters. The van der Waals surface area contributed by atoms with Crippen molar-refractivity contribution >= 4 is 23.4 Å². The van der Waals surface area contributed by atoms with Gasteiger partial charge >= 0.3 is 0 Å². The first-order valence-electron chi connectivity index (χ1n) is 9.29. The molecule has 0 spiro atoms. The van der Waals surface area contributed by atoms with Gasteiger partial charge in [-0.1, -0.05) is 36.0 Å². The summed E-state index contributed by atoms with van der Waals surface area (Å²) in [5.74, 6) is 2.23. The van der Waals surface area contributed by atoms with E-state index in [-0.39, 0.29) is 17.8 Å². The van der Waals surface area contributed by atoms with Crippen LogP contribution in [0, 0.1) is 13.8 Å². The zero-order valence-corrected chi connectivity index (χ0v) is 17.3. The molecule has 29 heavy (non-hydrogen) atoms. The van der Waals surface area contributed by atoms with Gasteiger partial charge in [0.05, 0.1) is 5.75 Å². The summed E-state index contributed by atoms with van der Waals surface area (Å²) in [6.07, 6.45) is -0.347. The van der Waals surface area contributed by atoms with Crippen molar-refractivity contribution in [3.8, 4) is 11.5 Å². The molecule has 1 N–H and O–H groups in total.